The maximum atomic E-state index is 11.4. The van der Waals surface area contributed by atoms with E-state index < -0.39 is 0 Å². The van der Waals surface area contributed by atoms with E-state index in [9.17, 15) is 4.79 Å². The summed E-state index contributed by atoms with van der Waals surface area (Å²) in [7, 11) is 1.62. The quantitative estimate of drug-likeness (QED) is 0.838. The zero-order chi connectivity index (χ0) is 11.5. The standard InChI is InChI=1S/C12H13BrO3/c1-15-11-3-2-8(13)6-10(11)12-7-9(14)4-5-16-12/h2-3,6,12H,4-5,7H2,1H3. The summed E-state index contributed by atoms with van der Waals surface area (Å²) in [6.07, 6.45) is 0.785. The normalized spacial score (nSPS) is 20.9. The Labute approximate surface area is 103 Å². The van der Waals surface area contributed by atoms with Crippen molar-refractivity contribution in [3.8, 4) is 5.75 Å². The maximum absolute atomic E-state index is 11.4. The molecule has 86 valence electrons. The fourth-order valence-corrected chi connectivity index (χ4v) is 2.22. The Kier molecular flexibility index (Phi) is 3.61. The summed E-state index contributed by atoms with van der Waals surface area (Å²) in [4.78, 5) is 11.4. The van der Waals surface area contributed by atoms with Crippen molar-refractivity contribution < 1.29 is 14.3 Å². The van der Waals surface area contributed by atoms with Gasteiger partial charge >= 0.3 is 0 Å². The highest BCUT2D eigenvalue weighted by molar-refractivity contribution is 9.10. The molecule has 0 aromatic heterocycles. The summed E-state index contributed by atoms with van der Waals surface area (Å²) < 4.78 is 11.8. The average molecular weight is 285 g/mol. The number of hydrogen-bond donors (Lipinski definition) is 0. The first-order valence-electron chi connectivity index (χ1n) is 5.17. The smallest absolute Gasteiger partial charge is 0.138 e. The minimum Gasteiger partial charge on any atom is -0.496 e. The monoisotopic (exact) mass is 284 g/mol. The van der Waals surface area contributed by atoms with Gasteiger partial charge in [0.2, 0.25) is 0 Å². The van der Waals surface area contributed by atoms with E-state index >= 15 is 0 Å². The SMILES string of the molecule is COc1ccc(Br)cc1C1CC(=O)CCO1. The molecule has 0 N–H and O–H groups in total. The highest BCUT2D eigenvalue weighted by Crippen LogP contribution is 2.34. The first-order valence-corrected chi connectivity index (χ1v) is 5.96. The molecule has 0 radical (unpaired) electrons. The highest BCUT2D eigenvalue weighted by Gasteiger charge is 2.24. The minimum absolute atomic E-state index is 0.173. The number of carbonyl (C=O) groups is 1. The molecule has 4 heteroatoms. The van der Waals surface area contributed by atoms with Gasteiger partial charge in [-0.15, -0.1) is 0 Å². The predicted molar refractivity (Wildman–Crippen MR) is 63.6 cm³/mol. The van der Waals surface area contributed by atoms with Gasteiger partial charge in [0.05, 0.1) is 19.8 Å². The number of carbonyl (C=O) groups excluding carboxylic acids is 1. The van der Waals surface area contributed by atoms with Crippen LogP contribution in [0.2, 0.25) is 0 Å². The fraction of sp³-hybridized carbons (Fsp3) is 0.417. The van der Waals surface area contributed by atoms with Crippen LogP contribution in [0.25, 0.3) is 0 Å². The molecule has 1 aromatic rings. The molecule has 0 amide bonds. The molecule has 2 rings (SSSR count). The van der Waals surface area contributed by atoms with Crippen LogP contribution in [0.3, 0.4) is 0 Å². The predicted octanol–water partition coefficient (Wildman–Crippen LogP) is 2.88. The number of rotatable bonds is 2. The molecule has 1 heterocycles. The average Bonchev–Trinajstić information content (AvgIpc) is 2.29. The van der Waals surface area contributed by atoms with E-state index in [1.54, 1.807) is 7.11 Å². The van der Waals surface area contributed by atoms with Crippen molar-refractivity contribution >= 4 is 21.7 Å². The van der Waals surface area contributed by atoms with Gasteiger partial charge in [0.25, 0.3) is 0 Å². The Hall–Kier alpha value is -0.870. The van der Waals surface area contributed by atoms with Crippen LogP contribution in [-0.2, 0) is 9.53 Å². The van der Waals surface area contributed by atoms with E-state index in [0.717, 1.165) is 15.8 Å². The van der Waals surface area contributed by atoms with Crippen molar-refractivity contribution in [2.24, 2.45) is 0 Å². The van der Waals surface area contributed by atoms with Gasteiger partial charge < -0.3 is 9.47 Å². The van der Waals surface area contributed by atoms with Gasteiger partial charge in [-0.1, -0.05) is 15.9 Å². The van der Waals surface area contributed by atoms with E-state index in [-0.39, 0.29) is 11.9 Å². The summed E-state index contributed by atoms with van der Waals surface area (Å²) >= 11 is 3.41. The van der Waals surface area contributed by atoms with Gasteiger partial charge in [-0.2, -0.15) is 0 Å². The van der Waals surface area contributed by atoms with Gasteiger partial charge in [0, 0.05) is 22.9 Å². The van der Waals surface area contributed by atoms with Crippen molar-refractivity contribution in [1.82, 2.24) is 0 Å². The number of halogens is 1. The van der Waals surface area contributed by atoms with Crippen molar-refractivity contribution in [1.29, 1.82) is 0 Å². The first kappa shape index (κ1) is 11.6. The van der Waals surface area contributed by atoms with Gasteiger partial charge in [0.15, 0.2) is 0 Å². The van der Waals surface area contributed by atoms with Crippen molar-refractivity contribution in [3.05, 3.63) is 28.2 Å². The number of hydrogen-bond acceptors (Lipinski definition) is 3. The third-order valence-corrected chi connectivity index (χ3v) is 3.14. The molecule has 0 aliphatic carbocycles. The lowest BCUT2D eigenvalue weighted by Gasteiger charge is -2.23. The molecule has 3 nitrogen and oxygen atoms in total. The number of ether oxygens (including phenoxy) is 2. The third-order valence-electron chi connectivity index (χ3n) is 2.65. The van der Waals surface area contributed by atoms with Crippen LogP contribution in [0.1, 0.15) is 24.5 Å². The van der Waals surface area contributed by atoms with Gasteiger partial charge in [-0.25, -0.2) is 0 Å². The van der Waals surface area contributed by atoms with Crippen LogP contribution in [0.15, 0.2) is 22.7 Å². The molecule has 0 bridgehead atoms. The topological polar surface area (TPSA) is 35.5 Å². The van der Waals surface area contributed by atoms with E-state index in [1.807, 2.05) is 18.2 Å². The number of benzene rings is 1. The second-order valence-corrected chi connectivity index (χ2v) is 4.65. The molecular formula is C12H13BrO3. The van der Waals surface area contributed by atoms with E-state index in [4.69, 9.17) is 9.47 Å². The van der Waals surface area contributed by atoms with Crippen LogP contribution in [0.4, 0.5) is 0 Å². The van der Waals surface area contributed by atoms with Crippen LogP contribution >= 0.6 is 15.9 Å². The molecule has 16 heavy (non-hydrogen) atoms. The maximum Gasteiger partial charge on any atom is 0.138 e. The van der Waals surface area contributed by atoms with Crippen LogP contribution in [0, 0.1) is 0 Å². The lowest BCUT2D eigenvalue weighted by molar-refractivity contribution is -0.128. The fourth-order valence-electron chi connectivity index (χ4n) is 1.84. The first-order chi connectivity index (χ1) is 7.70. The molecule has 1 aromatic carbocycles. The second kappa shape index (κ2) is 4.97. The number of Topliss-reactive ketones (excluding diaryl/α,β-unsaturated/α-hetero) is 1. The molecule has 0 spiro atoms. The van der Waals surface area contributed by atoms with Gasteiger partial charge in [-0.05, 0) is 18.2 Å². The molecular weight excluding hydrogens is 272 g/mol. The Bertz CT molecular complexity index is 403. The molecule has 1 unspecified atom stereocenters. The summed E-state index contributed by atoms with van der Waals surface area (Å²) in [6, 6.07) is 5.73. The molecule has 0 saturated carbocycles. The summed E-state index contributed by atoms with van der Waals surface area (Å²) in [6.45, 7) is 0.499. The highest BCUT2D eigenvalue weighted by atomic mass is 79.9. The Balaban J connectivity index is 2.30. The van der Waals surface area contributed by atoms with Crippen molar-refractivity contribution in [2.75, 3.05) is 13.7 Å². The lowest BCUT2D eigenvalue weighted by Crippen LogP contribution is -2.19. The van der Waals surface area contributed by atoms with Crippen molar-refractivity contribution in [3.63, 3.8) is 0 Å². The number of methoxy groups -OCH3 is 1. The largest absolute Gasteiger partial charge is 0.496 e. The van der Waals surface area contributed by atoms with E-state index in [0.29, 0.717) is 19.4 Å². The van der Waals surface area contributed by atoms with E-state index in [2.05, 4.69) is 15.9 Å². The summed E-state index contributed by atoms with van der Waals surface area (Å²) in [5.74, 6) is 1.01. The van der Waals surface area contributed by atoms with Crippen molar-refractivity contribution in [2.45, 2.75) is 18.9 Å². The molecule has 1 aliphatic rings. The molecule has 1 saturated heterocycles. The van der Waals surface area contributed by atoms with E-state index in [1.165, 1.54) is 0 Å². The van der Waals surface area contributed by atoms with Crippen LogP contribution in [-0.4, -0.2) is 19.5 Å². The second-order valence-electron chi connectivity index (χ2n) is 3.74. The Morgan fingerprint density at radius 3 is 3.00 bits per heavy atom. The summed E-state index contributed by atoms with van der Waals surface area (Å²) in [5, 5.41) is 0. The molecule has 1 atom stereocenters. The number of ketones is 1. The van der Waals surface area contributed by atoms with Gasteiger partial charge in [-0.3, -0.25) is 4.79 Å². The molecule has 1 aliphatic heterocycles. The Morgan fingerprint density at radius 1 is 1.50 bits per heavy atom. The Morgan fingerprint density at radius 2 is 2.31 bits per heavy atom. The minimum atomic E-state index is -0.173. The third kappa shape index (κ3) is 2.44. The zero-order valence-corrected chi connectivity index (χ0v) is 10.6. The lowest BCUT2D eigenvalue weighted by atomic mass is 10.00. The van der Waals surface area contributed by atoms with Crippen LogP contribution in [0.5, 0.6) is 5.75 Å². The molecule has 1 fully saturated rings. The van der Waals surface area contributed by atoms with Crippen LogP contribution < -0.4 is 4.74 Å². The zero-order valence-electron chi connectivity index (χ0n) is 9.03. The van der Waals surface area contributed by atoms with Gasteiger partial charge in [0.1, 0.15) is 11.5 Å². The summed E-state index contributed by atoms with van der Waals surface area (Å²) in [5.41, 5.74) is 0.935.